The number of rotatable bonds is 2. The Morgan fingerprint density at radius 3 is 2.86 bits per heavy atom. The van der Waals surface area contributed by atoms with Crippen LogP contribution in [0.15, 0.2) is 22.8 Å². The summed E-state index contributed by atoms with van der Waals surface area (Å²) in [5.74, 6) is 0.768. The summed E-state index contributed by atoms with van der Waals surface area (Å²) in [5, 5.41) is 0. The van der Waals surface area contributed by atoms with Gasteiger partial charge in [0, 0.05) is 32.3 Å². The zero-order valence-corrected chi connectivity index (χ0v) is 12.4. The van der Waals surface area contributed by atoms with Gasteiger partial charge in [-0.15, -0.1) is 0 Å². The average Bonchev–Trinajstić information content (AvgIpc) is 3.27. The summed E-state index contributed by atoms with van der Waals surface area (Å²) in [6.45, 7) is 2.71. The van der Waals surface area contributed by atoms with Gasteiger partial charge in [0.1, 0.15) is 6.10 Å². The van der Waals surface area contributed by atoms with E-state index in [9.17, 15) is 9.59 Å². The number of hydrogen-bond acceptors (Lipinski definition) is 4. The van der Waals surface area contributed by atoms with Crippen LogP contribution in [0.4, 0.5) is 0 Å². The van der Waals surface area contributed by atoms with Gasteiger partial charge in [0.15, 0.2) is 5.76 Å². The predicted octanol–water partition coefficient (Wildman–Crippen LogP) is 1.13. The van der Waals surface area contributed by atoms with Crippen molar-refractivity contribution < 1.29 is 18.7 Å². The molecule has 6 heteroatoms. The fourth-order valence-electron chi connectivity index (χ4n) is 3.91. The smallest absolute Gasteiger partial charge is 0.289 e. The summed E-state index contributed by atoms with van der Waals surface area (Å²) in [6, 6.07) is 3.53. The van der Waals surface area contributed by atoms with Crippen LogP contribution in [0.25, 0.3) is 0 Å². The first-order chi connectivity index (χ1) is 10.7. The molecule has 0 N–H and O–H groups in total. The molecule has 22 heavy (non-hydrogen) atoms. The van der Waals surface area contributed by atoms with E-state index < -0.39 is 0 Å². The predicted molar refractivity (Wildman–Crippen MR) is 77.2 cm³/mol. The number of carbonyl (C=O) groups excluding carboxylic acids is 2. The molecule has 4 heterocycles. The Labute approximate surface area is 129 Å². The third-order valence-electron chi connectivity index (χ3n) is 4.92. The van der Waals surface area contributed by atoms with E-state index in [4.69, 9.17) is 9.15 Å². The molecule has 3 aliphatic heterocycles. The molecule has 2 bridgehead atoms. The maximum Gasteiger partial charge on any atom is 0.289 e. The Balaban J connectivity index is 1.46. The fourth-order valence-corrected chi connectivity index (χ4v) is 3.91. The Hall–Kier alpha value is -1.82. The zero-order valence-electron chi connectivity index (χ0n) is 12.4. The van der Waals surface area contributed by atoms with E-state index in [2.05, 4.69) is 0 Å². The maximum absolute atomic E-state index is 12.6. The Kier molecular flexibility index (Phi) is 3.41. The first kappa shape index (κ1) is 13.8. The molecule has 3 saturated heterocycles. The lowest BCUT2D eigenvalue weighted by Gasteiger charge is -2.32. The molecule has 3 atom stereocenters. The first-order valence-electron chi connectivity index (χ1n) is 7.97. The molecule has 2 amide bonds. The second kappa shape index (κ2) is 5.43. The number of nitrogens with zero attached hydrogens (tertiary/aromatic N) is 2. The van der Waals surface area contributed by atoms with E-state index in [1.807, 2.05) is 9.80 Å². The van der Waals surface area contributed by atoms with Gasteiger partial charge in [-0.05, 0) is 37.3 Å². The summed E-state index contributed by atoms with van der Waals surface area (Å²) in [5.41, 5.74) is 0. The molecule has 0 radical (unpaired) electrons. The number of piperidine rings is 1. The molecule has 3 fully saturated rings. The largest absolute Gasteiger partial charge is 0.459 e. The number of furan rings is 1. The molecule has 1 aromatic rings. The highest BCUT2D eigenvalue weighted by Gasteiger charge is 2.44. The van der Waals surface area contributed by atoms with Crippen molar-refractivity contribution >= 4 is 11.8 Å². The Morgan fingerprint density at radius 1 is 1.23 bits per heavy atom. The quantitative estimate of drug-likeness (QED) is 0.822. The highest BCUT2D eigenvalue weighted by atomic mass is 16.5. The maximum atomic E-state index is 12.6. The van der Waals surface area contributed by atoms with Crippen molar-refractivity contribution in [2.24, 2.45) is 5.92 Å². The van der Waals surface area contributed by atoms with Crippen LogP contribution in [0.5, 0.6) is 0 Å². The number of likely N-dealkylation sites (tertiary alicyclic amines) is 2. The monoisotopic (exact) mass is 304 g/mol. The number of hydrogen-bond donors (Lipinski definition) is 0. The van der Waals surface area contributed by atoms with Gasteiger partial charge in [0.25, 0.3) is 11.8 Å². The lowest BCUT2D eigenvalue weighted by molar-refractivity contribution is -0.141. The Bertz CT molecular complexity index is 565. The molecule has 0 aliphatic carbocycles. The molecular formula is C16H20N2O4. The van der Waals surface area contributed by atoms with Crippen LogP contribution in [-0.2, 0) is 9.53 Å². The normalized spacial score (nSPS) is 30.8. The van der Waals surface area contributed by atoms with Crippen molar-refractivity contribution in [1.82, 2.24) is 9.80 Å². The molecule has 0 saturated carbocycles. The van der Waals surface area contributed by atoms with Gasteiger partial charge in [-0.25, -0.2) is 0 Å². The van der Waals surface area contributed by atoms with E-state index in [1.54, 1.807) is 12.1 Å². The minimum Gasteiger partial charge on any atom is -0.459 e. The summed E-state index contributed by atoms with van der Waals surface area (Å²) < 4.78 is 10.7. The highest BCUT2D eigenvalue weighted by Crippen LogP contribution is 2.32. The van der Waals surface area contributed by atoms with Crippen molar-refractivity contribution in [2.75, 3.05) is 26.2 Å². The van der Waals surface area contributed by atoms with Crippen LogP contribution < -0.4 is 0 Å². The van der Waals surface area contributed by atoms with E-state index in [0.29, 0.717) is 31.4 Å². The van der Waals surface area contributed by atoms with Gasteiger partial charge in [0.05, 0.1) is 6.26 Å². The van der Waals surface area contributed by atoms with Crippen molar-refractivity contribution in [1.29, 1.82) is 0 Å². The van der Waals surface area contributed by atoms with Crippen molar-refractivity contribution in [2.45, 2.75) is 31.4 Å². The molecule has 0 spiro atoms. The molecular weight excluding hydrogens is 284 g/mol. The van der Waals surface area contributed by atoms with Gasteiger partial charge in [-0.1, -0.05) is 0 Å². The van der Waals surface area contributed by atoms with Gasteiger partial charge in [-0.3, -0.25) is 9.59 Å². The molecule has 3 aliphatic rings. The summed E-state index contributed by atoms with van der Waals surface area (Å²) >= 11 is 0. The molecule has 118 valence electrons. The standard InChI is InChI=1S/C16H20N2O4/c19-15(13-3-1-5-21-13)17-8-11-7-12(10-17)18(9-11)16(20)14-4-2-6-22-14/h1,3,5,11-12,14H,2,4,6-10H2/t11?,12?,14-/m1/s1. The number of amides is 2. The van der Waals surface area contributed by atoms with E-state index in [0.717, 1.165) is 25.8 Å². The van der Waals surface area contributed by atoms with E-state index in [-0.39, 0.29) is 24.0 Å². The second-order valence-electron chi connectivity index (χ2n) is 6.44. The first-order valence-corrected chi connectivity index (χ1v) is 7.97. The van der Waals surface area contributed by atoms with Gasteiger partial charge in [-0.2, -0.15) is 0 Å². The van der Waals surface area contributed by atoms with Crippen LogP contribution in [0.1, 0.15) is 29.8 Å². The molecule has 2 unspecified atom stereocenters. The van der Waals surface area contributed by atoms with Crippen LogP contribution >= 0.6 is 0 Å². The zero-order chi connectivity index (χ0) is 15.1. The third kappa shape index (κ3) is 2.31. The summed E-state index contributed by atoms with van der Waals surface area (Å²) in [6.07, 6.45) is 4.01. The van der Waals surface area contributed by atoms with Gasteiger partial charge < -0.3 is 19.0 Å². The Morgan fingerprint density at radius 2 is 2.14 bits per heavy atom. The minimum atomic E-state index is -0.270. The summed E-state index contributed by atoms with van der Waals surface area (Å²) in [4.78, 5) is 28.8. The third-order valence-corrected chi connectivity index (χ3v) is 4.92. The molecule has 6 nitrogen and oxygen atoms in total. The molecule has 4 rings (SSSR count). The highest BCUT2D eigenvalue weighted by molar-refractivity contribution is 5.91. The minimum absolute atomic E-state index is 0.0777. The van der Waals surface area contributed by atoms with Gasteiger partial charge >= 0.3 is 0 Å². The molecule has 0 aromatic carbocycles. The molecule has 1 aromatic heterocycles. The van der Waals surface area contributed by atoms with Crippen molar-refractivity contribution in [3.8, 4) is 0 Å². The topological polar surface area (TPSA) is 63.0 Å². The van der Waals surface area contributed by atoms with Crippen molar-refractivity contribution in [3.63, 3.8) is 0 Å². The average molecular weight is 304 g/mol. The van der Waals surface area contributed by atoms with Crippen LogP contribution in [0.3, 0.4) is 0 Å². The van der Waals surface area contributed by atoms with Crippen LogP contribution in [0, 0.1) is 5.92 Å². The number of fused-ring (bicyclic) bond motifs is 2. The van der Waals surface area contributed by atoms with Crippen LogP contribution in [-0.4, -0.2) is 60.0 Å². The van der Waals surface area contributed by atoms with Crippen LogP contribution in [0.2, 0.25) is 0 Å². The second-order valence-corrected chi connectivity index (χ2v) is 6.44. The number of carbonyl (C=O) groups is 2. The summed E-state index contributed by atoms with van der Waals surface area (Å²) in [7, 11) is 0. The lowest BCUT2D eigenvalue weighted by Crippen LogP contribution is -2.48. The number of ether oxygens (including phenoxy) is 1. The van der Waals surface area contributed by atoms with E-state index in [1.165, 1.54) is 6.26 Å². The van der Waals surface area contributed by atoms with Gasteiger partial charge in [0.2, 0.25) is 0 Å². The van der Waals surface area contributed by atoms with E-state index >= 15 is 0 Å². The fraction of sp³-hybridized carbons (Fsp3) is 0.625. The lowest BCUT2D eigenvalue weighted by atomic mass is 10.00. The SMILES string of the molecule is O=C(c1ccco1)N1CC2CC(C1)N(C(=O)[C@H]1CCCO1)C2. The van der Waals surface area contributed by atoms with Crippen molar-refractivity contribution in [3.05, 3.63) is 24.2 Å².